The molecule has 32 heavy (non-hydrogen) atoms. The molecule has 0 aromatic rings. The predicted octanol–water partition coefficient (Wildman–Crippen LogP) is 5.99. The van der Waals surface area contributed by atoms with Crippen LogP contribution in [0.15, 0.2) is 22.3 Å². The molecule has 3 unspecified atom stereocenters. The van der Waals surface area contributed by atoms with Gasteiger partial charge in [-0.05, 0) is 67.3 Å². The topological polar surface area (TPSA) is 40.6 Å². The highest BCUT2D eigenvalue weighted by molar-refractivity contribution is 8.04. The number of carbonyl (C=O) groups is 2. The molecule has 0 aromatic carbocycles. The molecule has 2 aliphatic heterocycles. The summed E-state index contributed by atoms with van der Waals surface area (Å²) in [7, 11) is 0. The van der Waals surface area contributed by atoms with Crippen LogP contribution in [0.5, 0.6) is 0 Å². The largest absolute Gasteiger partial charge is 0.339 e. The van der Waals surface area contributed by atoms with E-state index in [4.69, 9.17) is 0 Å². The highest BCUT2D eigenvalue weighted by Crippen LogP contribution is 2.45. The lowest BCUT2D eigenvalue weighted by molar-refractivity contribution is -0.129. The molecule has 178 valence electrons. The van der Waals surface area contributed by atoms with Gasteiger partial charge in [0.25, 0.3) is 0 Å². The van der Waals surface area contributed by atoms with Crippen molar-refractivity contribution in [1.29, 1.82) is 0 Å². The molecule has 0 aromatic heterocycles. The second-order valence-electron chi connectivity index (χ2n) is 12.7. The average molecular weight is 459 g/mol. The third-order valence-electron chi connectivity index (χ3n) is 8.07. The summed E-state index contributed by atoms with van der Waals surface area (Å²) < 4.78 is 0. The van der Waals surface area contributed by atoms with Crippen molar-refractivity contribution in [1.82, 2.24) is 9.80 Å². The van der Waals surface area contributed by atoms with Crippen molar-refractivity contribution >= 4 is 23.6 Å². The van der Waals surface area contributed by atoms with E-state index in [-0.39, 0.29) is 16.7 Å². The molecule has 0 radical (unpaired) electrons. The normalized spacial score (nSPS) is 29.7. The van der Waals surface area contributed by atoms with E-state index >= 15 is 0 Å². The lowest BCUT2D eigenvalue weighted by Crippen LogP contribution is -2.38. The maximum absolute atomic E-state index is 12.8. The van der Waals surface area contributed by atoms with Crippen LogP contribution in [-0.2, 0) is 9.59 Å². The number of likely N-dealkylation sites (tertiary alicyclic amines) is 1. The van der Waals surface area contributed by atoms with Gasteiger partial charge in [0, 0.05) is 36.2 Å². The zero-order chi connectivity index (χ0) is 23.3. The summed E-state index contributed by atoms with van der Waals surface area (Å²) in [5, 5.41) is 0. The SMILES string of the molecule is CC(C)(C)CCN1C(=O)CSC2=C1CCC(C1CCC(N3CC(C(C)(C)C)CC3=O)C1)=C2. The maximum atomic E-state index is 12.8. The summed E-state index contributed by atoms with van der Waals surface area (Å²) in [4.78, 5) is 31.0. The smallest absolute Gasteiger partial charge is 0.237 e. The van der Waals surface area contributed by atoms with Crippen molar-refractivity contribution in [3.05, 3.63) is 22.3 Å². The van der Waals surface area contributed by atoms with E-state index in [0.717, 1.165) is 51.6 Å². The van der Waals surface area contributed by atoms with Gasteiger partial charge in [0.1, 0.15) is 0 Å². The third kappa shape index (κ3) is 5.13. The molecule has 0 spiro atoms. The molecule has 0 bridgehead atoms. The number of hydrogen-bond acceptors (Lipinski definition) is 3. The maximum Gasteiger partial charge on any atom is 0.237 e. The quantitative estimate of drug-likeness (QED) is 0.519. The summed E-state index contributed by atoms with van der Waals surface area (Å²) >= 11 is 1.73. The first kappa shape index (κ1) is 23.9. The number of rotatable bonds is 4. The number of allylic oxidation sites excluding steroid dienone is 3. The van der Waals surface area contributed by atoms with Crippen molar-refractivity contribution < 1.29 is 9.59 Å². The van der Waals surface area contributed by atoms with E-state index in [0.29, 0.717) is 29.5 Å². The second kappa shape index (κ2) is 8.85. The molecule has 4 aliphatic rings. The van der Waals surface area contributed by atoms with E-state index in [9.17, 15) is 9.59 Å². The summed E-state index contributed by atoms with van der Waals surface area (Å²) in [5.41, 5.74) is 3.25. The Morgan fingerprint density at radius 3 is 2.44 bits per heavy atom. The number of thioether (sulfide) groups is 1. The Kier molecular flexibility index (Phi) is 6.61. The van der Waals surface area contributed by atoms with Crippen LogP contribution >= 0.6 is 11.8 Å². The fourth-order valence-electron chi connectivity index (χ4n) is 5.74. The molecule has 0 N–H and O–H groups in total. The Balaban J connectivity index is 1.43. The number of hydrogen-bond donors (Lipinski definition) is 0. The molecular weight excluding hydrogens is 416 g/mol. The van der Waals surface area contributed by atoms with Crippen molar-refractivity contribution in [2.24, 2.45) is 22.7 Å². The van der Waals surface area contributed by atoms with Gasteiger partial charge in [0.2, 0.25) is 11.8 Å². The van der Waals surface area contributed by atoms with E-state index in [2.05, 4.69) is 57.4 Å². The van der Waals surface area contributed by atoms with Crippen molar-refractivity contribution in [3.8, 4) is 0 Å². The van der Waals surface area contributed by atoms with Crippen LogP contribution in [-0.4, -0.2) is 46.5 Å². The zero-order valence-electron chi connectivity index (χ0n) is 21.0. The summed E-state index contributed by atoms with van der Waals surface area (Å²) in [6.07, 6.45) is 9.67. The van der Waals surface area contributed by atoms with E-state index < -0.39 is 0 Å². The Morgan fingerprint density at radius 1 is 1.03 bits per heavy atom. The number of carbonyl (C=O) groups excluding carboxylic acids is 2. The van der Waals surface area contributed by atoms with Gasteiger partial charge in [-0.15, -0.1) is 11.8 Å². The van der Waals surface area contributed by atoms with Gasteiger partial charge in [0.05, 0.1) is 5.75 Å². The van der Waals surface area contributed by atoms with Crippen LogP contribution in [0.1, 0.15) is 86.5 Å². The minimum absolute atomic E-state index is 0.200. The van der Waals surface area contributed by atoms with Gasteiger partial charge in [-0.25, -0.2) is 0 Å². The highest BCUT2D eigenvalue weighted by Gasteiger charge is 2.42. The van der Waals surface area contributed by atoms with Gasteiger partial charge in [-0.2, -0.15) is 0 Å². The standard InChI is InChI=1S/C27H42N2O2S/c1-26(2,3)11-12-28-22-10-8-19(14-23(22)32-17-25(28)31)18-7-9-21(13-18)29-16-20(15-24(29)30)27(4,5)6/h14,18,20-21H,7-13,15-17H2,1-6H3. The highest BCUT2D eigenvalue weighted by atomic mass is 32.2. The molecule has 1 saturated heterocycles. The number of nitrogens with zero attached hydrogens (tertiary/aromatic N) is 2. The summed E-state index contributed by atoms with van der Waals surface area (Å²) in [6, 6.07) is 0.417. The summed E-state index contributed by atoms with van der Waals surface area (Å²) in [6.45, 7) is 15.3. The fourth-order valence-corrected chi connectivity index (χ4v) is 6.79. The first-order valence-corrected chi connectivity index (χ1v) is 13.6. The fraction of sp³-hybridized carbons (Fsp3) is 0.778. The van der Waals surface area contributed by atoms with Crippen LogP contribution in [0.4, 0.5) is 0 Å². The Labute approximate surface area is 199 Å². The van der Waals surface area contributed by atoms with Crippen molar-refractivity contribution in [2.45, 2.75) is 92.5 Å². The molecule has 4 nitrogen and oxygen atoms in total. The number of amides is 2. The first-order chi connectivity index (χ1) is 14.9. The van der Waals surface area contributed by atoms with Crippen LogP contribution in [0.2, 0.25) is 0 Å². The van der Waals surface area contributed by atoms with Crippen LogP contribution in [0.3, 0.4) is 0 Å². The lowest BCUT2D eigenvalue weighted by Gasteiger charge is -2.36. The molecule has 2 amide bonds. The van der Waals surface area contributed by atoms with E-state index in [1.807, 2.05) is 0 Å². The minimum atomic E-state index is 0.200. The van der Waals surface area contributed by atoms with Crippen LogP contribution in [0, 0.1) is 22.7 Å². The van der Waals surface area contributed by atoms with Gasteiger partial charge in [-0.1, -0.05) is 47.1 Å². The molecule has 5 heteroatoms. The molecular formula is C27H42N2O2S. The van der Waals surface area contributed by atoms with Crippen LogP contribution in [0.25, 0.3) is 0 Å². The zero-order valence-corrected chi connectivity index (χ0v) is 21.8. The first-order valence-electron chi connectivity index (χ1n) is 12.6. The molecule has 2 fully saturated rings. The third-order valence-corrected chi connectivity index (χ3v) is 9.12. The molecule has 1 saturated carbocycles. The van der Waals surface area contributed by atoms with E-state index in [1.165, 1.54) is 17.0 Å². The van der Waals surface area contributed by atoms with Gasteiger partial charge in [0.15, 0.2) is 0 Å². The monoisotopic (exact) mass is 458 g/mol. The minimum Gasteiger partial charge on any atom is -0.339 e. The molecule has 4 rings (SSSR count). The van der Waals surface area contributed by atoms with Crippen LogP contribution < -0.4 is 0 Å². The summed E-state index contributed by atoms with van der Waals surface area (Å²) in [5.74, 6) is 2.28. The Hall–Kier alpha value is -1.23. The van der Waals surface area contributed by atoms with Gasteiger partial charge >= 0.3 is 0 Å². The average Bonchev–Trinajstić information content (AvgIpc) is 3.32. The van der Waals surface area contributed by atoms with E-state index in [1.54, 1.807) is 17.3 Å². The second-order valence-corrected chi connectivity index (χ2v) is 13.7. The Bertz CT molecular complexity index is 830. The van der Waals surface area contributed by atoms with Gasteiger partial charge in [-0.3, -0.25) is 9.59 Å². The van der Waals surface area contributed by atoms with Crippen molar-refractivity contribution in [2.75, 3.05) is 18.8 Å². The molecule has 2 heterocycles. The van der Waals surface area contributed by atoms with Gasteiger partial charge < -0.3 is 9.80 Å². The predicted molar refractivity (Wildman–Crippen MR) is 133 cm³/mol. The molecule has 2 aliphatic carbocycles. The Morgan fingerprint density at radius 2 is 1.78 bits per heavy atom. The lowest BCUT2D eigenvalue weighted by atomic mass is 9.80. The molecule has 3 atom stereocenters. The van der Waals surface area contributed by atoms with Crippen molar-refractivity contribution in [3.63, 3.8) is 0 Å².